The average Bonchev–Trinajstić information content (AvgIpc) is 2.34. The molecule has 0 aromatic carbocycles. The lowest BCUT2D eigenvalue weighted by Crippen LogP contribution is -2.46. The molecular weight excluding hydrogens is 226 g/mol. The molecule has 0 aliphatic rings. The standard InChI is InChI=1S/C14H31N3O/c1-3-5-6-7-8-9-10-12-13(11-4-2)16-17-14(15)18/h13,16H,3-12H2,1-2H3,(H3,15,17,18). The molecular formula is C14H31N3O. The first-order valence-electron chi connectivity index (χ1n) is 7.51. The van der Waals surface area contributed by atoms with Gasteiger partial charge in [-0.1, -0.05) is 65.2 Å². The van der Waals surface area contributed by atoms with Crippen LogP contribution in [0.1, 0.15) is 78.1 Å². The summed E-state index contributed by atoms with van der Waals surface area (Å²) in [6.07, 6.45) is 12.6. The summed E-state index contributed by atoms with van der Waals surface area (Å²) >= 11 is 0. The predicted octanol–water partition coefficient (Wildman–Crippen LogP) is 3.47. The summed E-state index contributed by atoms with van der Waals surface area (Å²) in [6.45, 7) is 4.40. The Morgan fingerprint density at radius 1 is 0.944 bits per heavy atom. The van der Waals surface area contributed by atoms with Crippen LogP contribution in [0.5, 0.6) is 0 Å². The van der Waals surface area contributed by atoms with E-state index in [4.69, 9.17) is 5.73 Å². The van der Waals surface area contributed by atoms with Gasteiger partial charge in [-0.25, -0.2) is 10.2 Å². The number of rotatable bonds is 12. The normalized spacial score (nSPS) is 12.3. The number of hydrogen-bond acceptors (Lipinski definition) is 2. The van der Waals surface area contributed by atoms with Crippen molar-refractivity contribution in [2.75, 3.05) is 0 Å². The summed E-state index contributed by atoms with van der Waals surface area (Å²) in [5.74, 6) is 0. The number of carbonyl (C=O) groups excluding carboxylic acids is 1. The number of unbranched alkanes of at least 4 members (excludes halogenated alkanes) is 6. The van der Waals surface area contributed by atoms with Crippen LogP contribution in [0.25, 0.3) is 0 Å². The third-order valence-electron chi connectivity index (χ3n) is 3.19. The second-order valence-corrected chi connectivity index (χ2v) is 5.03. The summed E-state index contributed by atoms with van der Waals surface area (Å²) in [4.78, 5) is 10.6. The predicted molar refractivity (Wildman–Crippen MR) is 77.2 cm³/mol. The van der Waals surface area contributed by atoms with E-state index < -0.39 is 6.03 Å². The number of hydrazine groups is 1. The second kappa shape index (κ2) is 12.7. The van der Waals surface area contributed by atoms with Crippen molar-refractivity contribution in [3.8, 4) is 0 Å². The van der Waals surface area contributed by atoms with Crippen LogP contribution in [0.4, 0.5) is 4.79 Å². The van der Waals surface area contributed by atoms with E-state index >= 15 is 0 Å². The van der Waals surface area contributed by atoms with Gasteiger partial charge in [0.1, 0.15) is 0 Å². The third-order valence-corrected chi connectivity index (χ3v) is 3.19. The molecule has 0 radical (unpaired) electrons. The molecule has 0 bridgehead atoms. The highest BCUT2D eigenvalue weighted by Crippen LogP contribution is 2.11. The van der Waals surface area contributed by atoms with Crippen molar-refractivity contribution in [3.63, 3.8) is 0 Å². The number of nitrogens with two attached hydrogens (primary N) is 1. The Balaban J connectivity index is 3.48. The largest absolute Gasteiger partial charge is 0.351 e. The van der Waals surface area contributed by atoms with Crippen LogP contribution in [0.15, 0.2) is 0 Å². The molecule has 0 heterocycles. The minimum atomic E-state index is -0.504. The lowest BCUT2D eigenvalue weighted by Gasteiger charge is -2.17. The maximum absolute atomic E-state index is 10.6. The second-order valence-electron chi connectivity index (χ2n) is 5.03. The zero-order valence-corrected chi connectivity index (χ0v) is 12.1. The fourth-order valence-electron chi connectivity index (χ4n) is 2.16. The summed E-state index contributed by atoms with van der Waals surface area (Å²) in [6, 6.07) is -0.145. The highest BCUT2D eigenvalue weighted by Gasteiger charge is 2.07. The van der Waals surface area contributed by atoms with E-state index in [2.05, 4.69) is 24.7 Å². The first-order valence-corrected chi connectivity index (χ1v) is 7.51. The van der Waals surface area contributed by atoms with Gasteiger partial charge in [-0.15, -0.1) is 0 Å². The van der Waals surface area contributed by atoms with E-state index in [1.54, 1.807) is 0 Å². The molecule has 1 unspecified atom stereocenters. The van der Waals surface area contributed by atoms with Crippen molar-refractivity contribution in [2.24, 2.45) is 5.73 Å². The van der Waals surface area contributed by atoms with Crippen LogP contribution in [0.3, 0.4) is 0 Å². The molecule has 0 fully saturated rings. The lowest BCUT2D eigenvalue weighted by molar-refractivity contribution is 0.240. The van der Waals surface area contributed by atoms with Crippen LogP contribution in [-0.2, 0) is 0 Å². The first kappa shape index (κ1) is 17.2. The van der Waals surface area contributed by atoms with Crippen molar-refractivity contribution >= 4 is 6.03 Å². The van der Waals surface area contributed by atoms with Crippen LogP contribution >= 0.6 is 0 Å². The Morgan fingerprint density at radius 3 is 2.11 bits per heavy atom. The Bertz CT molecular complexity index is 197. The van der Waals surface area contributed by atoms with E-state index in [1.807, 2.05) is 0 Å². The topological polar surface area (TPSA) is 67.2 Å². The van der Waals surface area contributed by atoms with Crippen molar-refractivity contribution in [3.05, 3.63) is 0 Å². The number of primary amides is 1. The van der Waals surface area contributed by atoms with Gasteiger partial charge < -0.3 is 5.73 Å². The molecule has 0 aliphatic carbocycles. The van der Waals surface area contributed by atoms with Crippen molar-refractivity contribution in [1.82, 2.24) is 10.9 Å². The quantitative estimate of drug-likeness (QED) is 0.370. The first-order chi connectivity index (χ1) is 8.70. The van der Waals surface area contributed by atoms with Gasteiger partial charge in [-0.2, -0.15) is 0 Å². The Kier molecular flexibility index (Phi) is 12.1. The fraction of sp³-hybridized carbons (Fsp3) is 0.929. The number of urea groups is 1. The zero-order chi connectivity index (χ0) is 13.6. The van der Waals surface area contributed by atoms with Crippen LogP contribution in [0, 0.1) is 0 Å². The molecule has 0 aliphatic heterocycles. The molecule has 0 aromatic rings. The Labute approximate surface area is 112 Å². The fourth-order valence-corrected chi connectivity index (χ4v) is 2.16. The maximum Gasteiger partial charge on any atom is 0.326 e. The van der Waals surface area contributed by atoms with E-state index in [-0.39, 0.29) is 0 Å². The smallest absolute Gasteiger partial charge is 0.326 e. The summed E-state index contributed by atoms with van der Waals surface area (Å²) < 4.78 is 0. The molecule has 2 amide bonds. The van der Waals surface area contributed by atoms with Crippen LogP contribution in [0.2, 0.25) is 0 Å². The molecule has 18 heavy (non-hydrogen) atoms. The minimum absolute atomic E-state index is 0.359. The molecule has 0 spiro atoms. The van der Waals surface area contributed by atoms with Gasteiger partial charge in [0, 0.05) is 6.04 Å². The maximum atomic E-state index is 10.6. The molecule has 4 heteroatoms. The van der Waals surface area contributed by atoms with Gasteiger partial charge in [0.05, 0.1) is 0 Å². The lowest BCUT2D eigenvalue weighted by atomic mass is 10.0. The molecule has 0 aromatic heterocycles. The molecule has 0 rings (SSSR count). The van der Waals surface area contributed by atoms with Gasteiger partial charge in [-0.05, 0) is 12.8 Å². The summed E-state index contributed by atoms with van der Waals surface area (Å²) in [7, 11) is 0. The highest BCUT2D eigenvalue weighted by molar-refractivity contribution is 5.70. The SMILES string of the molecule is CCCCCCCCCC(CCC)NNC(N)=O. The zero-order valence-electron chi connectivity index (χ0n) is 12.1. The molecule has 0 saturated heterocycles. The van der Waals surface area contributed by atoms with E-state index in [0.717, 1.165) is 19.3 Å². The van der Waals surface area contributed by atoms with Gasteiger partial charge in [0.15, 0.2) is 0 Å². The third kappa shape index (κ3) is 11.7. The van der Waals surface area contributed by atoms with Gasteiger partial charge in [0.25, 0.3) is 0 Å². The average molecular weight is 257 g/mol. The van der Waals surface area contributed by atoms with E-state index in [0.29, 0.717) is 6.04 Å². The Hall–Kier alpha value is -0.770. The van der Waals surface area contributed by atoms with Crippen LogP contribution in [-0.4, -0.2) is 12.1 Å². The molecule has 1 atom stereocenters. The van der Waals surface area contributed by atoms with Crippen molar-refractivity contribution < 1.29 is 4.79 Å². The van der Waals surface area contributed by atoms with Crippen molar-refractivity contribution in [2.45, 2.75) is 84.1 Å². The van der Waals surface area contributed by atoms with E-state index in [1.165, 1.54) is 44.9 Å². The highest BCUT2D eigenvalue weighted by atomic mass is 16.2. The Morgan fingerprint density at radius 2 is 1.56 bits per heavy atom. The monoisotopic (exact) mass is 257 g/mol. The van der Waals surface area contributed by atoms with E-state index in [9.17, 15) is 4.79 Å². The van der Waals surface area contributed by atoms with Gasteiger partial charge in [-0.3, -0.25) is 5.43 Å². The molecule has 4 N–H and O–H groups in total. The van der Waals surface area contributed by atoms with Crippen LogP contribution < -0.4 is 16.6 Å². The number of nitrogens with one attached hydrogen (secondary N) is 2. The molecule has 4 nitrogen and oxygen atoms in total. The summed E-state index contributed by atoms with van der Waals surface area (Å²) in [5, 5.41) is 0. The minimum Gasteiger partial charge on any atom is -0.351 e. The van der Waals surface area contributed by atoms with Gasteiger partial charge >= 0.3 is 6.03 Å². The summed E-state index contributed by atoms with van der Waals surface area (Å²) in [5.41, 5.74) is 10.5. The number of carbonyl (C=O) groups is 1. The molecule has 0 saturated carbocycles. The van der Waals surface area contributed by atoms with Gasteiger partial charge in [0.2, 0.25) is 0 Å². The number of amides is 2. The molecule has 108 valence electrons. The number of hydrogen-bond donors (Lipinski definition) is 3. The van der Waals surface area contributed by atoms with Crippen molar-refractivity contribution in [1.29, 1.82) is 0 Å².